The Bertz CT molecular complexity index is 678. The molecule has 0 spiro atoms. The van der Waals surface area contributed by atoms with E-state index in [-0.39, 0.29) is 23.1 Å². The number of hydrogen-bond acceptors (Lipinski definition) is 7. The van der Waals surface area contributed by atoms with Gasteiger partial charge >= 0.3 is 0 Å². The molecule has 1 aromatic rings. The van der Waals surface area contributed by atoms with E-state index in [1.807, 2.05) is 0 Å². The van der Waals surface area contributed by atoms with Gasteiger partial charge in [0.15, 0.2) is 9.84 Å². The number of aliphatic hydroxyl groups excluding tert-OH is 1. The van der Waals surface area contributed by atoms with Gasteiger partial charge in [0, 0.05) is 24.3 Å². The van der Waals surface area contributed by atoms with Crippen LogP contribution < -0.4 is 0 Å². The van der Waals surface area contributed by atoms with E-state index in [1.54, 1.807) is 5.38 Å². The second kappa shape index (κ2) is 5.93. The summed E-state index contributed by atoms with van der Waals surface area (Å²) in [7, 11) is -7.32. The first-order chi connectivity index (χ1) is 9.26. The van der Waals surface area contributed by atoms with Gasteiger partial charge in [-0.3, -0.25) is 0 Å². The molecular weight excluding hydrogens is 342 g/mol. The molecule has 0 bridgehead atoms. The molecule has 1 fully saturated rings. The smallest absolute Gasteiger partial charge is 0.253 e. The lowest BCUT2D eigenvalue weighted by Crippen LogP contribution is -2.49. The molecule has 1 unspecified atom stereocenters. The summed E-state index contributed by atoms with van der Waals surface area (Å²) in [5.74, 6) is 0.819. The molecule has 0 aromatic carbocycles. The highest BCUT2D eigenvalue weighted by Crippen LogP contribution is 2.30. The molecule has 0 amide bonds. The lowest BCUT2D eigenvalue weighted by Gasteiger charge is -2.32. The highest BCUT2D eigenvalue weighted by Gasteiger charge is 2.39. The van der Waals surface area contributed by atoms with Crippen molar-refractivity contribution in [1.82, 2.24) is 4.31 Å². The minimum Gasteiger partial charge on any atom is -0.392 e. The molecule has 0 aliphatic carbocycles. The third-order valence-electron chi connectivity index (χ3n) is 2.91. The number of sulfonamides is 1. The molecule has 0 saturated carbocycles. The zero-order valence-corrected chi connectivity index (χ0v) is 14.0. The van der Waals surface area contributed by atoms with Crippen molar-refractivity contribution >= 4 is 43.0 Å². The van der Waals surface area contributed by atoms with Crippen LogP contribution in [0.2, 0.25) is 0 Å². The maximum Gasteiger partial charge on any atom is 0.253 e. The summed E-state index contributed by atoms with van der Waals surface area (Å²) in [5, 5.41) is 9.54. The van der Waals surface area contributed by atoms with Gasteiger partial charge in [0.05, 0.1) is 6.61 Å². The molecule has 1 aromatic heterocycles. The van der Waals surface area contributed by atoms with Gasteiger partial charge in [-0.25, -0.2) is 16.8 Å². The van der Waals surface area contributed by atoms with E-state index < -0.39 is 25.2 Å². The van der Waals surface area contributed by atoms with E-state index in [1.165, 1.54) is 17.8 Å². The molecule has 0 radical (unpaired) electrons. The van der Waals surface area contributed by atoms with E-state index in [0.29, 0.717) is 11.3 Å². The second-order valence-corrected chi connectivity index (χ2v) is 10.8. The minimum atomic E-state index is -3.84. The third kappa shape index (κ3) is 3.20. The van der Waals surface area contributed by atoms with Gasteiger partial charge < -0.3 is 5.11 Å². The molecule has 1 saturated heterocycles. The van der Waals surface area contributed by atoms with Crippen molar-refractivity contribution in [2.24, 2.45) is 0 Å². The maximum absolute atomic E-state index is 12.6. The highest BCUT2D eigenvalue weighted by atomic mass is 32.2. The zero-order chi connectivity index (χ0) is 15.0. The molecular formula is C10H15NO5S4. The number of thiophene rings is 1. The summed E-state index contributed by atoms with van der Waals surface area (Å²) >= 11 is 2.43. The summed E-state index contributed by atoms with van der Waals surface area (Å²) in [6.45, 7) is -0.0610. The Morgan fingerprint density at radius 1 is 1.40 bits per heavy atom. The van der Waals surface area contributed by atoms with Crippen LogP contribution in [-0.2, 0) is 26.5 Å². The monoisotopic (exact) mass is 357 g/mol. The molecule has 1 N–H and O–H groups in total. The Kier molecular flexibility index (Phi) is 4.82. The third-order valence-corrected chi connectivity index (χ3v) is 9.06. The molecule has 1 atom stereocenters. The first-order valence-corrected chi connectivity index (χ1v) is 11.2. The van der Waals surface area contributed by atoms with Crippen molar-refractivity contribution in [3.8, 4) is 0 Å². The molecule has 1 aliphatic heterocycles. The molecule has 20 heavy (non-hydrogen) atoms. The number of thioether (sulfide) groups is 1. The number of rotatable bonds is 4. The van der Waals surface area contributed by atoms with Crippen LogP contribution >= 0.6 is 23.1 Å². The Morgan fingerprint density at radius 3 is 2.65 bits per heavy atom. The van der Waals surface area contributed by atoms with Gasteiger partial charge in [-0.1, -0.05) is 0 Å². The van der Waals surface area contributed by atoms with Crippen LogP contribution in [0.25, 0.3) is 0 Å². The predicted octanol–water partition coefficient (Wildman–Crippen LogP) is 0.349. The summed E-state index contributed by atoms with van der Waals surface area (Å²) in [5.41, 5.74) is 0.510. The summed E-state index contributed by atoms with van der Waals surface area (Å²) in [6, 6.07) is 1.39. The van der Waals surface area contributed by atoms with Crippen molar-refractivity contribution in [1.29, 1.82) is 0 Å². The van der Waals surface area contributed by atoms with Gasteiger partial charge in [0.2, 0.25) is 0 Å². The van der Waals surface area contributed by atoms with Gasteiger partial charge in [-0.05, 0) is 17.0 Å². The number of hydrogen-bond donors (Lipinski definition) is 1. The molecule has 1 aliphatic rings. The van der Waals surface area contributed by atoms with Gasteiger partial charge in [0.25, 0.3) is 10.0 Å². The fourth-order valence-electron chi connectivity index (χ4n) is 1.86. The Hall–Kier alpha value is -0.130. The first-order valence-electron chi connectivity index (χ1n) is 5.73. The van der Waals surface area contributed by atoms with Crippen molar-refractivity contribution < 1.29 is 21.9 Å². The van der Waals surface area contributed by atoms with E-state index >= 15 is 0 Å². The van der Waals surface area contributed by atoms with Gasteiger partial charge in [-0.2, -0.15) is 16.1 Å². The van der Waals surface area contributed by atoms with Crippen LogP contribution in [0.15, 0.2) is 15.7 Å². The van der Waals surface area contributed by atoms with Crippen LogP contribution in [0.3, 0.4) is 0 Å². The summed E-state index contributed by atoms with van der Waals surface area (Å²) in [6.07, 6.45) is 1.06. The summed E-state index contributed by atoms with van der Waals surface area (Å²) in [4.78, 5) is 0. The van der Waals surface area contributed by atoms with Gasteiger partial charge in [0.1, 0.15) is 9.58 Å². The largest absolute Gasteiger partial charge is 0.392 e. The number of sulfone groups is 1. The van der Waals surface area contributed by atoms with E-state index in [9.17, 15) is 16.8 Å². The average Bonchev–Trinajstić information content (AvgIpc) is 2.87. The molecule has 2 rings (SSSR count). The standard InChI is InChI=1S/C10H15NO5S4/c1-19(13,14)9-7-17-3-2-11(9)20(15,16)10-4-8(5-12)6-18-10/h4,6,9,12H,2-3,5,7H2,1H3. The zero-order valence-electron chi connectivity index (χ0n) is 10.7. The molecule has 2 heterocycles. The highest BCUT2D eigenvalue weighted by molar-refractivity contribution is 8.01. The van der Waals surface area contributed by atoms with Crippen molar-refractivity contribution in [2.75, 3.05) is 24.3 Å². The lowest BCUT2D eigenvalue weighted by atomic mass is 10.4. The molecule has 10 heteroatoms. The van der Waals surface area contributed by atoms with Crippen LogP contribution in [0, 0.1) is 0 Å². The Labute approximate surface area is 126 Å². The average molecular weight is 358 g/mol. The Morgan fingerprint density at radius 2 is 2.10 bits per heavy atom. The minimum absolute atomic E-state index is 0.0714. The van der Waals surface area contributed by atoms with E-state index in [2.05, 4.69) is 0 Å². The van der Waals surface area contributed by atoms with Crippen molar-refractivity contribution in [2.45, 2.75) is 16.2 Å². The number of nitrogens with zero attached hydrogens (tertiary/aromatic N) is 1. The van der Waals surface area contributed by atoms with Crippen molar-refractivity contribution in [3.63, 3.8) is 0 Å². The SMILES string of the molecule is CS(=O)(=O)C1CSCCN1S(=O)(=O)c1cc(CO)cs1. The van der Waals surface area contributed by atoms with E-state index in [0.717, 1.165) is 21.9 Å². The van der Waals surface area contributed by atoms with Crippen LogP contribution in [-0.4, -0.2) is 55.9 Å². The quantitative estimate of drug-likeness (QED) is 0.836. The van der Waals surface area contributed by atoms with E-state index in [4.69, 9.17) is 5.11 Å². The summed E-state index contributed by atoms with van der Waals surface area (Å²) < 4.78 is 49.8. The molecule has 114 valence electrons. The fourth-order valence-corrected chi connectivity index (χ4v) is 8.36. The first kappa shape index (κ1) is 16.2. The topological polar surface area (TPSA) is 91.8 Å². The fraction of sp³-hybridized carbons (Fsp3) is 0.600. The lowest BCUT2D eigenvalue weighted by molar-refractivity contribution is 0.282. The van der Waals surface area contributed by atoms with Crippen LogP contribution in [0.5, 0.6) is 0 Å². The predicted molar refractivity (Wildman–Crippen MR) is 80.1 cm³/mol. The maximum atomic E-state index is 12.6. The normalized spacial score (nSPS) is 22.0. The molecule has 6 nitrogen and oxygen atoms in total. The van der Waals surface area contributed by atoms with Crippen molar-refractivity contribution in [3.05, 3.63) is 17.0 Å². The Balaban J connectivity index is 2.40. The second-order valence-electron chi connectivity index (χ2n) is 4.41. The van der Waals surface area contributed by atoms with Gasteiger partial charge in [-0.15, -0.1) is 11.3 Å². The number of aliphatic hydroxyl groups is 1. The van der Waals surface area contributed by atoms with Crippen LogP contribution in [0.4, 0.5) is 0 Å². The van der Waals surface area contributed by atoms with Crippen LogP contribution in [0.1, 0.15) is 5.56 Å².